The average molecular weight is 684 g/mol. The van der Waals surface area contributed by atoms with E-state index in [0.717, 1.165) is 17.8 Å². The quantitative estimate of drug-likeness (QED) is 0.114. The third-order valence-electron chi connectivity index (χ3n) is 5.54. The van der Waals surface area contributed by atoms with Gasteiger partial charge in [-0.1, -0.05) is 0 Å². The number of nitrogens with zero attached hydrogens (tertiary/aromatic N) is 4. The van der Waals surface area contributed by atoms with Gasteiger partial charge >= 0.3 is 59.1 Å². The van der Waals surface area contributed by atoms with Crippen molar-refractivity contribution >= 4 is 80.5 Å². The van der Waals surface area contributed by atoms with Crippen LogP contribution in [-0.2, 0) is 30.1 Å². The first-order valence-electron chi connectivity index (χ1n) is 11.1. The van der Waals surface area contributed by atoms with Crippen LogP contribution in [0.4, 0.5) is 22.1 Å². The molecule has 4 aromatic rings. The molecule has 1 amide bonds. The van der Waals surface area contributed by atoms with Gasteiger partial charge in [0.1, 0.15) is 20.2 Å². The molecule has 0 saturated heterocycles. The van der Waals surface area contributed by atoms with Gasteiger partial charge in [0, 0.05) is 31.3 Å². The van der Waals surface area contributed by atoms with Crippen molar-refractivity contribution in [3.05, 3.63) is 60.2 Å². The minimum Gasteiger partial charge on any atom is -0.744 e. The summed E-state index contributed by atoms with van der Waals surface area (Å²) in [6.07, 6.45) is 1.08. The number of benzene rings is 3. The molecule has 4 rings (SSSR count). The fraction of sp³-hybridized carbons (Fsp3) is 0.130. The minimum absolute atomic E-state index is 0. The largest absolute Gasteiger partial charge is 1.00 e. The molecule has 0 atom stereocenters. The number of hydrogen-bond acceptors (Lipinski definition) is 14. The summed E-state index contributed by atoms with van der Waals surface area (Å²) in [5.74, 6) is -1.01. The predicted octanol–water partition coefficient (Wildman–Crippen LogP) is -2.75. The van der Waals surface area contributed by atoms with E-state index in [-0.39, 0.29) is 75.4 Å². The fourth-order valence-corrected chi connectivity index (χ4v) is 6.07. The SMILES string of the molecule is CN(C)c1ccc(N=Nc2snc3ccc(S(C)(=O)=O)cc23)cc1NC(=O)c1cc(S(=O)(=O)[O-])cc(S(=O)(=O)[O-])c1.[Na+].[Na+]. The number of sulfone groups is 1. The molecule has 0 aliphatic heterocycles. The van der Waals surface area contributed by atoms with Crippen molar-refractivity contribution in [3.8, 4) is 0 Å². The predicted molar refractivity (Wildman–Crippen MR) is 148 cm³/mol. The van der Waals surface area contributed by atoms with E-state index in [1.165, 1.54) is 18.2 Å². The Balaban J connectivity index is 0.00000323. The van der Waals surface area contributed by atoms with Crippen molar-refractivity contribution in [2.75, 3.05) is 30.6 Å². The van der Waals surface area contributed by atoms with Crippen molar-refractivity contribution in [2.45, 2.75) is 14.7 Å². The van der Waals surface area contributed by atoms with Gasteiger partial charge in [-0.2, -0.15) is 4.37 Å². The van der Waals surface area contributed by atoms with E-state index in [9.17, 15) is 39.2 Å². The molecule has 1 aromatic heterocycles. The number of carbonyl (C=O) groups is 1. The molecule has 0 fully saturated rings. The molecule has 0 aliphatic carbocycles. The molecule has 20 heteroatoms. The third kappa shape index (κ3) is 9.12. The zero-order valence-corrected chi connectivity index (χ0v) is 30.6. The van der Waals surface area contributed by atoms with Crippen molar-refractivity contribution in [1.82, 2.24) is 4.37 Å². The summed E-state index contributed by atoms with van der Waals surface area (Å²) in [5.41, 5.74) is 0.805. The maximum Gasteiger partial charge on any atom is 1.00 e. The summed E-state index contributed by atoms with van der Waals surface area (Å²) in [4.78, 5) is 12.6. The molecule has 0 saturated carbocycles. The Kier molecular flexibility index (Phi) is 12.2. The summed E-state index contributed by atoms with van der Waals surface area (Å²) in [5, 5.41) is 11.6. The zero-order valence-electron chi connectivity index (χ0n) is 23.3. The molecule has 0 spiro atoms. The molecule has 1 heterocycles. The molecule has 43 heavy (non-hydrogen) atoms. The Bertz CT molecular complexity index is 2020. The van der Waals surface area contributed by atoms with Crippen LogP contribution >= 0.6 is 11.5 Å². The Labute approximate surface area is 295 Å². The number of hydrogen-bond donors (Lipinski definition) is 1. The van der Waals surface area contributed by atoms with Crippen LogP contribution in [0, 0.1) is 0 Å². The second-order valence-electron chi connectivity index (χ2n) is 8.79. The van der Waals surface area contributed by atoms with Gasteiger partial charge in [0.05, 0.1) is 37.3 Å². The Morgan fingerprint density at radius 1 is 0.837 bits per heavy atom. The van der Waals surface area contributed by atoms with Crippen LogP contribution in [0.15, 0.2) is 79.5 Å². The number of amides is 1. The standard InChI is InChI=1S/C23H21N5O9S4.2Na/c1-28(2)21-7-4-14(25-26-23-18-12-15(39(3,30)31)5-6-19(18)27-38-23)10-20(21)24-22(29)13-8-16(40(32,33)34)11-17(9-13)41(35,36)37;;/h4-12H,1-3H3,(H,24,29)(H,32,33,34)(H,35,36,37);;/q;2*+1/p-2. The second-order valence-corrected chi connectivity index (χ2v) is 14.3. The summed E-state index contributed by atoms with van der Waals surface area (Å²) >= 11 is 0.996. The molecular weight excluding hydrogens is 665 g/mol. The molecule has 0 aliphatic rings. The van der Waals surface area contributed by atoms with Gasteiger partial charge in [0.15, 0.2) is 14.8 Å². The van der Waals surface area contributed by atoms with Crippen molar-refractivity contribution < 1.29 is 98.3 Å². The summed E-state index contributed by atoms with van der Waals surface area (Å²) < 4.78 is 97.1. The van der Waals surface area contributed by atoms with Gasteiger partial charge in [-0.25, -0.2) is 25.3 Å². The zero-order chi connectivity index (χ0) is 30.3. The van der Waals surface area contributed by atoms with Crippen LogP contribution in [0.2, 0.25) is 0 Å². The van der Waals surface area contributed by atoms with Gasteiger partial charge < -0.3 is 19.3 Å². The number of rotatable bonds is 8. The fourth-order valence-electron chi connectivity index (χ4n) is 3.58. The van der Waals surface area contributed by atoms with Gasteiger partial charge in [0.25, 0.3) is 5.91 Å². The molecule has 3 aromatic carbocycles. The van der Waals surface area contributed by atoms with Crippen molar-refractivity contribution in [3.63, 3.8) is 0 Å². The van der Waals surface area contributed by atoms with Crippen LogP contribution in [0.1, 0.15) is 10.4 Å². The van der Waals surface area contributed by atoms with Crippen LogP contribution in [0.3, 0.4) is 0 Å². The molecular formula is C23H19N5Na2O9S4. The first kappa shape index (κ1) is 37.4. The molecule has 1 N–H and O–H groups in total. The van der Waals surface area contributed by atoms with E-state index in [0.29, 0.717) is 39.8 Å². The van der Waals surface area contributed by atoms with E-state index in [4.69, 9.17) is 0 Å². The molecule has 216 valence electrons. The van der Waals surface area contributed by atoms with Gasteiger partial charge in [-0.15, -0.1) is 10.2 Å². The summed E-state index contributed by atoms with van der Waals surface area (Å²) in [7, 11) is -10.5. The summed E-state index contributed by atoms with van der Waals surface area (Å²) in [6.45, 7) is 0. The van der Waals surface area contributed by atoms with Crippen LogP contribution in [0.25, 0.3) is 10.9 Å². The number of nitrogens with one attached hydrogen (secondary N) is 1. The van der Waals surface area contributed by atoms with Gasteiger partial charge in [-0.3, -0.25) is 4.79 Å². The van der Waals surface area contributed by atoms with Crippen LogP contribution < -0.4 is 69.3 Å². The van der Waals surface area contributed by atoms with E-state index in [2.05, 4.69) is 19.9 Å². The number of azo groups is 1. The van der Waals surface area contributed by atoms with E-state index in [1.54, 1.807) is 37.2 Å². The Hall–Kier alpha value is -1.81. The molecule has 14 nitrogen and oxygen atoms in total. The van der Waals surface area contributed by atoms with Crippen LogP contribution in [-0.4, -0.2) is 65.0 Å². The molecule has 0 unspecified atom stereocenters. The van der Waals surface area contributed by atoms with Crippen LogP contribution in [0.5, 0.6) is 0 Å². The van der Waals surface area contributed by atoms with Crippen molar-refractivity contribution in [1.29, 1.82) is 0 Å². The second kappa shape index (κ2) is 14.1. The maximum absolute atomic E-state index is 13.0. The van der Waals surface area contributed by atoms with E-state index in [1.807, 2.05) is 0 Å². The Morgan fingerprint density at radius 3 is 1.98 bits per heavy atom. The third-order valence-corrected chi connectivity index (χ3v) is 9.04. The first-order valence-corrected chi connectivity index (χ1v) is 16.6. The molecule has 0 bridgehead atoms. The van der Waals surface area contributed by atoms with Gasteiger partial charge in [0.2, 0.25) is 0 Å². The smallest absolute Gasteiger partial charge is 0.744 e. The number of anilines is 2. The topological polar surface area (TPSA) is 218 Å². The van der Waals surface area contributed by atoms with Crippen molar-refractivity contribution in [2.24, 2.45) is 10.2 Å². The van der Waals surface area contributed by atoms with E-state index < -0.39 is 51.3 Å². The minimum atomic E-state index is -5.20. The molecule has 0 radical (unpaired) electrons. The monoisotopic (exact) mass is 683 g/mol. The number of carbonyl (C=O) groups excluding carboxylic acids is 1. The normalized spacial score (nSPS) is 12.0. The number of aromatic nitrogens is 1. The Morgan fingerprint density at radius 2 is 1.44 bits per heavy atom. The summed E-state index contributed by atoms with van der Waals surface area (Å²) in [6, 6.07) is 10.7. The number of fused-ring (bicyclic) bond motifs is 1. The van der Waals surface area contributed by atoms with E-state index >= 15 is 0 Å². The maximum atomic E-state index is 13.0. The average Bonchev–Trinajstić information content (AvgIpc) is 3.28. The van der Waals surface area contributed by atoms with Gasteiger partial charge in [-0.05, 0) is 66.1 Å². The first-order chi connectivity index (χ1) is 18.9.